The number of methoxy groups -OCH3 is 1. The van der Waals surface area contributed by atoms with E-state index < -0.39 is 24.4 Å². The highest BCUT2D eigenvalue weighted by Gasteiger charge is 2.41. The summed E-state index contributed by atoms with van der Waals surface area (Å²) in [5.41, 5.74) is 2.61. The summed E-state index contributed by atoms with van der Waals surface area (Å²) in [6, 6.07) is 3.39. The maximum atomic E-state index is 14.3. The van der Waals surface area contributed by atoms with Gasteiger partial charge in [0.05, 0.1) is 49.5 Å². The van der Waals surface area contributed by atoms with Gasteiger partial charge in [-0.1, -0.05) is 5.21 Å². The zero-order chi connectivity index (χ0) is 20.5. The van der Waals surface area contributed by atoms with Gasteiger partial charge in [-0.05, 0) is 25.0 Å². The molecule has 0 aliphatic carbocycles. The number of halogens is 2. The quantitative estimate of drug-likeness (QED) is 0.770. The van der Waals surface area contributed by atoms with E-state index in [4.69, 9.17) is 0 Å². The summed E-state index contributed by atoms with van der Waals surface area (Å²) in [5.74, 6) is -3.90. The predicted molar refractivity (Wildman–Crippen MR) is 96.8 cm³/mol. The smallest absolute Gasteiger partial charge is 0.305 e. The second-order valence-electron chi connectivity index (χ2n) is 7.05. The number of carbonyl (C=O) groups is 1. The van der Waals surface area contributed by atoms with E-state index in [0.717, 1.165) is 0 Å². The van der Waals surface area contributed by atoms with E-state index in [9.17, 15) is 18.7 Å². The van der Waals surface area contributed by atoms with Crippen molar-refractivity contribution in [3.63, 3.8) is 0 Å². The van der Waals surface area contributed by atoms with Crippen LogP contribution in [0.15, 0.2) is 12.1 Å². The number of rotatable bonds is 5. The van der Waals surface area contributed by atoms with E-state index in [1.807, 2.05) is 0 Å². The van der Waals surface area contributed by atoms with Crippen LogP contribution in [-0.4, -0.2) is 57.2 Å². The standard InChI is InChI=1S/C18H23F2N5O3/c1-11-14(5-4-13(21-11)17-15(9-26)24(2)23-22-17)25-8-12(6-16(27)28-3)7-18(19,20)10-25/h4-5,12,26H,6-10H2,1-3H3. The number of alkyl halides is 2. The number of aliphatic hydroxyl groups excluding tert-OH is 1. The molecule has 10 heteroatoms. The van der Waals surface area contributed by atoms with Crippen molar-refractivity contribution in [3.8, 4) is 11.4 Å². The second-order valence-corrected chi connectivity index (χ2v) is 7.05. The fourth-order valence-electron chi connectivity index (χ4n) is 3.62. The topological polar surface area (TPSA) is 93.4 Å². The summed E-state index contributed by atoms with van der Waals surface area (Å²) >= 11 is 0. The fourth-order valence-corrected chi connectivity index (χ4v) is 3.62. The van der Waals surface area contributed by atoms with Crippen LogP contribution in [0, 0.1) is 12.8 Å². The van der Waals surface area contributed by atoms with Gasteiger partial charge >= 0.3 is 5.97 Å². The first-order valence-electron chi connectivity index (χ1n) is 8.91. The average molecular weight is 395 g/mol. The van der Waals surface area contributed by atoms with E-state index in [2.05, 4.69) is 20.0 Å². The number of esters is 1. The molecule has 1 saturated heterocycles. The first-order valence-corrected chi connectivity index (χ1v) is 8.91. The van der Waals surface area contributed by atoms with Crippen molar-refractivity contribution in [3.05, 3.63) is 23.5 Å². The highest BCUT2D eigenvalue weighted by atomic mass is 19.3. The molecule has 1 N–H and O–H groups in total. The van der Waals surface area contributed by atoms with E-state index in [1.54, 1.807) is 31.0 Å². The molecular formula is C18H23F2N5O3. The van der Waals surface area contributed by atoms with Gasteiger partial charge in [0.25, 0.3) is 5.92 Å². The van der Waals surface area contributed by atoms with Crippen molar-refractivity contribution in [2.45, 2.75) is 32.3 Å². The van der Waals surface area contributed by atoms with Crippen molar-refractivity contribution in [2.75, 3.05) is 25.1 Å². The number of ether oxygens (including phenoxy) is 1. The van der Waals surface area contributed by atoms with Gasteiger partial charge in [-0.15, -0.1) is 5.10 Å². The molecule has 152 valence electrons. The first kappa shape index (κ1) is 20.1. The van der Waals surface area contributed by atoms with Crippen LogP contribution in [-0.2, 0) is 23.2 Å². The average Bonchev–Trinajstić information content (AvgIpc) is 3.00. The number of hydrogen-bond donors (Lipinski definition) is 1. The lowest BCUT2D eigenvalue weighted by Crippen LogP contribution is -2.48. The summed E-state index contributed by atoms with van der Waals surface area (Å²) in [6.07, 6.45) is -0.394. The third-order valence-electron chi connectivity index (χ3n) is 4.90. The minimum Gasteiger partial charge on any atom is -0.469 e. The summed E-state index contributed by atoms with van der Waals surface area (Å²) < 4.78 is 34.6. The van der Waals surface area contributed by atoms with Crippen molar-refractivity contribution in [2.24, 2.45) is 13.0 Å². The van der Waals surface area contributed by atoms with E-state index in [-0.39, 0.29) is 19.4 Å². The van der Waals surface area contributed by atoms with Crippen LogP contribution in [0.3, 0.4) is 0 Å². The Hall–Kier alpha value is -2.62. The van der Waals surface area contributed by atoms with E-state index in [1.165, 1.54) is 11.8 Å². The van der Waals surface area contributed by atoms with Gasteiger partial charge in [-0.3, -0.25) is 4.79 Å². The molecule has 1 atom stereocenters. The number of piperidine rings is 1. The third kappa shape index (κ3) is 4.11. The zero-order valence-corrected chi connectivity index (χ0v) is 16.0. The predicted octanol–water partition coefficient (Wildman–Crippen LogP) is 1.70. The molecule has 0 amide bonds. The lowest BCUT2D eigenvalue weighted by Gasteiger charge is -2.39. The Balaban J connectivity index is 1.87. The molecule has 0 spiro atoms. The van der Waals surface area contributed by atoms with Crippen LogP contribution in [0.4, 0.5) is 14.5 Å². The van der Waals surface area contributed by atoms with Crippen molar-refractivity contribution >= 4 is 11.7 Å². The molecule has 1 fully saturated rings. The molecule has 3 heterocycles. The number of hydrogen-bond acceptors (Lipinski definition) is 7. The third-order valence-corrected chi connectivity index (χ3v) is 4.90. The Labute approximate surface area is 161 Å². The molecule has 1 unspecified atom stereocenters. The largest absolute Gasteiger partial charge is 0.469 e. The number of anilines is 1. The monoisotopic (exact) mass is 395 g/mol. The molecular weight excluding hydrogens is 372 g/mol. The zero-order valence-electron chi connectivity index (χ0n) is 16.0. The highest BCUT2D eigenvalue weighted by molar-refractivity contribution is 5.69. The van der Waals surface area contributed by atoms with Gasteiger partial charge in [0, 0.05) is 20.0 Å². The SMILES string of the molecule is COC(=O)CC1CN(c2ccc(-c3nnn(C)c3CO)nc2C)CC(F)(F)C1. The van der Waals surface area contributed by atoms with Crippen molar-refractivity contribution < 1.29 is 23.4 Å². The van der Waals surface area contributed by atoms with Gasteiger partial charge in [-0.25, -0.2) is 18.4 Å². The molecule has 0 radical (unpaired) electrons. The van der Waals surface area contributed by atoms with Crippen LogP contribution in [0.1, 0.15) is 24.2 Å². The molecule has 1 aliphatic rings. The Bertz CT molecular complexity index is 871. The molecule has 28 heavy (non-hydrogen) atoms. The van der Waals surface area contributed by atoms with Crippen LogP contribution in [0.25, 0.3) is 11.4 Å². The molecule has 2 aromatic heterocycles. The Morgan fingerprint density at radius 3 is 2.82 bits per heavy atom. The van der Waals surface area contributed by atoms with Gasteiger partial charge in [-0.2, -0.15) is 0 Å². The van der Waals surface area contributed by atoms with Gasteiger partial charge in [0.1, 0.15) is 5.69 Å². The molecule has 0 aromatic carbocycles. The minimum atomic E-state index is -2.91. The fraction of sp³-hybridized carbons (Fsp3) is 0.556. The lowest BCUT2D eigenvalue weighted by molar-refractivity contribution is -0.142. The summed E-state index contributed by atoms with van der Waals surface area (Å²) in [7, 11) is 2.92. The molecule has 2 aromatic rings. The maximum absolute atomic E-state index is 14.3. The minimum absolute atomic E-state index is 0.0490. The lowest BCUT2D eigenvalue weighted by atomic mass is 9.91. The number of aromatic nitrogens is 4. The Kier molecular flexibility index (Phi) is 5.59. The molecule has 1 aliphatic heterocycles. The number of pyridine rings is 1. The molecule has 0 saturated carbocycles. The molecule has 3 rings (SSSR count). The van der Waals surface area contributed by atoms with E-state index >= 15 is 0 Å². The van der Waals surface area contributed by atoms with Gasteiger partial charge in [0.15, 0.2) is 0 Å². The maximum Gasteiger partial charge on any atom is 0.305 e. The first-order chi connectivity index (χ1) is 13.2. The van der Waals surface area contributed by atoms with Gasteiger partial charge in [0.2, 0.25) is 0 Å². The number of aryl methyl sites for hydroxylation is 2. The summed E-state index contributed by atoms with van der Waals surface area (Å²) in [5, 5.41) is 17.4. The number of aliphatic hydroxyl groups is 1. The van der Waals surface area contributed by atoms with Crippen molar-refractivity contribution in [1.82, 2.24) is 20.0 Å². The normalized spacial score (nSPS) is 18.9. The Morgan fingerprint density at radius 1 is 1.43 bits per heavy atom. The Morgan fingerprint density at radius 2 is 2.18 bits per heavy atom. The van der Waals surface area contributed by atoms with E-state index in [0.29, 0.717) is 35.0 Å². The van der Waals surface area contributed by atoms with Crippen LogP contribution < -0.4 is 4.90 Å². The van der Waals surface area contributed by atoms with Crippen LogP contribution >= 0.6 is 0 Å². The van der Waals surface area contributed by atoms with Crippen LogP contribution in [0.5, 0.6) is 0 Å². The molecule has 8 nitrogen and oxygen atoms in total. The number of nitrogens with zero attached hydrogens (tertiary/aromatic N) is 5. The second kappa shape index (κ2) is 7.78. The van der Waals surface area contributed by atoms with Crippen LogP contribution in [0.2, 0.25) is 0 Å². The number of carbonyl (C=O) groups excluding carboxylic acids is 1. The molecule has 0 bridgehead atoms. The summed E-state index contributed by atoms with van der Waals surface area (Å²) in [6.45, 7) is 1.38. The summed E-state index contributed by atoms with van der Waals surface area (Å²) in [4.78, 5) is 17.6. The van der Waals surface area contributed by atoms with Crippen molar-refractivity contribution in [1.29, 1.82) is 0 Å². The highest BCUT2D eigenvalue weighted by Crippen LogP contribution is 2.36. The van der Waals surface area contributed by atoms with Gasteiger partial charge < -0.3 is 14.7 Å².